The van der Waals surface area contributed by atoms with Gasteiger partial charge in [-0.1, -0.05) is 267 Å². The summed E-state index contributed by atoms with van der Waals surface area (Å²) < 4.78 is 38.0. The Kier molecular flexibility index (Phi) is 17.0. The third-order valence-corrected chi connectivity index (χ3v) is 25.4. The fourth-order valence-corrected chi connectivity index (χ4v) is 21.5. The van der Waals surface area contributed by atoms with Crippen LogP contribution in [0, 0.1) is 0 Å². The molecule has 12 aromatic rings. The fraction of sp³-hybridized carbons (Fsp3) is 0.0649. The minimum Gasteiger partial charge on any atom is -0.493 e. The molecule has 3 aliphatic rings. The SMILES string of the molecule is c1ccc(P(c2ccccc2)c2ccc3c(c2-c2c(P(c4ccccc4)c4ccccc4)ccc4c2OCO4)OCO3)cc1.c1ccc(P(c2ccccc2)c2cccc3c2-c2c(cccc2P(c2ccccc2)c2ccccc2)OCCCO3)cc1. The first-order chi connectivity index (χ1) is 43.2. The molecule has 0 atom stereocenters. The molecule has 0 amide bonds. The van der Waals surface area contributed by atoms with Crippen molar-refractivity contribution < 1.29 is 28.4 Å². The lowest BCUT2D eigenvalue weighted by atomic mass is 10.0. The zero-order chi connectivity index (χ0) is 58.1. The van der Waals surface area contributed by atoms with Crippen LogP contribution in [0.4, 0.5) is 0 Å². The normalized spacial score (nSPS) is 12.9. The quantitative estimate of drug-likeness (QED) is 0.107. The molecule has 0 bridgehead atoms. The lowest BCUT2D eigenvalue weighted by Gasteiger charge is -2.28. The van der Waals surface area contributed by atoms with Gasteiger partial charge in [0.25, 0.3) is 0 Å². The van der Waals surface area contributed by atoms with E-state index in [2.05, 4.69) is 303 Å². The molecule has 0 radical (unpaired) electrons. The molecule has 0 saturated heterocycles. The van der Waals surface area contributed by atoms with Gasteiger partial charge in [-0.2, -0.15) is 0 Å². The maximum absolute atomic E-state index is 6.61. The number of fused-ring (bicyclic) bond motifs is 5. The van der Waals surface area contributed by atoms with Crippen molar-refractivity contribution in [3.8, 4) is 56.8 Å². The first-order valence-corrected chi connectivity index (χ1v) is 34.6. The molecule has 0 N–H and O–H groups in total. The molecule has 10 heteroatoms. The van der Waals surface area contributed by atoms with Crippen molar-refractivity contribution in [2.45, 2.75) is 6.42 Å². The third-order valence-electron chi connectivity index (χ3n) is 15.4. The lowest BCUT2D eigenvalue weighted by molar-refractivity contribution is 0.173. The van der Waals surface area contributed by atoms with Gasteiger partial charge in [-0.25, -0.2) is 0 Å². The van der Waals surface area contributed by atoms with Gasteiger partial charge in [0.15, 0.2) is 23.0 Å². The summed E-state index contributed by atoms with van der Waals surface area (Å²) in [7, 11) is -3.70. The number of ether oxygens (including phenoxy) is 6. The van der Waals surface area contributed by atoms with Crippen molar-refractivity contribution in [2.24, 2.45) is 0 Å². The Morgan fingerprint density at radius 3 is 0.713 bits per heavy atom. The molecule has 0 unspecified atom stereocenters. The van der Waals surface area contributed by atoms with Crippen LogP contribution < -0.4 is 92.1 Å². The number of rotatable bonds is 13. The van der Waals surface area contributed by atoms with Gasteiger partial charge in [0.2, 0.25) is 13.6 Å². The molecular weight excluding hydrogens is 1140 g/mol. The third kappa shape index (κ3) is 11.7. The summed E-state index contributed by atoms with van der Waals surface area (Å²) in [6.07, 6.45) is 0.825. The van der Waals surface area contributed by atoms with E-state index in [1.54, 1.807) is 0 Å². The predicted molar refractivity (Wildman–Crippen MR) is 366 cm³/mol. The Morgan fingerprint density at radius 2 is 0.448 bits per heavy atom. The minimum atomic E-state index is -0.968. The Labute approximate surface area is 514 Å². The largest absolute Gasteiger partial charge is 0.493 e. The molecule has 424 valence electrons. The van der Waals surface area contributed by atoms with Crippen LogP contribution in [0.2, 0.25) is 0 Å². The highest BCUT2D eigenvalue weighted by atomic mass is 31.1. The van der Waals surface area contributed by atoms with Crippen molar-refractivity contribution in [3.05, 3.63) is 303 Å². The summed E-state index contributed by atoms with van der Waals surface area (Å²) in [6.45, 7) is 1.57. The van der Waals surface area contributed by atoms with E-state index in [1.807, 2.05) is 0 Å². The second-order valence-corrected chi connectivity index (χ2v) is 29.5. The number of hydrogen-bond acceptors (Lipinski definition) is 6. The highest BCUT2D eigenvalue weighted by molar-refractivity contribution is 7.81. The Morgan fingerprint density at radius 1 is 0.195 bits per heavy atom. The standard InChI is InChI=1S/C39H32O2P2.C38H28O4P2/c1-5-16-30(17-6-1)42(31-18-7-2-8-19-31)36-26-13-24-34-38(36)39-35(41-29-15-28-40-34)25-14-27-37(39)43(32-20-9-3-10-21-32)33-22-11-4-12-23-33;1-5-13-27(14-6-1)43(28-15-7-2-8-16-28)33-23-21-31-37(41-25-39-31)35(33)36-34(24-22-32-38(36)42-26-40-32)44(29-17-9-3-10-18-29)30-19-11-4-12-20-30/h1-14,16-27H,15,28-29H2;1-24H,25-26H2. The Hall–Kier alpha value is -8.84. The van der Waals surface area contributed by atoms with Crippen LogP contribution >= 0.6 is 31.7 Å². The highest BCUT2D eigenvalue weighted by Crippen LogP contribution is 2.54. The van der Waals surface area contributed by atoms with Crippen LogP contribution in [0.15, 0.2) is 303 Å². The Balaban J connectivity index is 0.000000153. The second-order valence-electron chi connectivity index (χ2n) is 20.8. The first-order valence-electron chi connectivity index (χ1n) is 29.2. The molecule has 0 aliphatic carbocycles. The van der Waals surface area contributed by atoms with Crippen LogP contribution in [-0.4, -0.2) is 26.8 Å². The summed E-state index contributed by atoms with van der Waals surface area (Å²) in [5.74, 6) is 4.84. The van der Waals surface area contributed by atoms with Gasteiger partial charge in [0, 0.05) is 28.7 Å². The van der Waals surface area contributed by atoms with E-state index in [0.29, 0.717) is 13.2 Å². The summed E-state index contributed by atoms with van der Waals surface area (Å²) in [5, 5.41) is 15.2. The van der Waals surface area contributed by atoms with E-state index in [-0.39, 0.29) is 13.6 Å². The second kappa shape index (κ2) is 26.4. The molecular formula is C77H60O6P4. The maximum atomic E-state index is 6.61. The van der Waals surface area contributed by atoms with Crippen molar-refractivity contribution in [3.63, 3.8) is 0 Å². The summed E-state index contributed by atoms with van der Waals surface area (Å²) in [4.78, 5) is 0. The highest BCUT2D eigenvalue weighted by Gasteiger charge is 2.36. The molecule has 0 saturated carbocycles. The van der Waals surface area contributed by atoms with Crippen LogP contribution in [0.5, 0.6) is 34.5 Å². The van der Waals surface area contributed by atoms with Gasteiger partial charge in [-0.15, -0.1) is 0 Å². The molecule has 87 heavy (non-hydrogen) atoms. The van der Waals surface area contributed by atoms with Gasteiger partial charge in [-0.3, -0.25) is 0 Å². The Bertz CT molecular complexity index is 3830. The molecule has 3 aliphatic heterocycles. The topological polar surface area (TPSA) is 55.4 Å². The summed E-state index contributed by atoms with van der Waals surface area (Å²) >= 11 is 0. The number of hydrogen-bond donors (Lipinski definition) is 0. The molecule has 15 rings (SSSR count). The lowest BCUT2D eigenvalue weighted by Crippen LogP contribution is -2.26. The molecule has 3 heterocycles. The van der Waals surface area contributed by atoms with Crippen molar-refractivity contribution in [2.75, 3.05) is 26.8 Å². The van der Waals surface area contributed by atoms with Gasteiger partial charge >= 0.3 is 0 Å². The van der Waals surface area contributed by atoms with E-state index < -0.39 is 31.7 Å². The molecule has 12 aromatic carbocycles. The van der Waals surface area contributed by atoms with Crippen molar-refractivity contribution >= 4 is 95.3 Å². The summed E-state index contributed by atoms with van der Waals surface area (Å²) in [5.41, 5.74) is 4.31. The van der Waals surface area contributed by atoms with Gasteiger partial charge in [0.05, 0.1) is 13.2 Å². The predicted octanol–water partition coefficient (Wildman–Crippen LogP) is 13.4. The smallest absolute Gasteiger partial charge is 0.231 e. The van der Waals surface area contributed by atoms with E-state index in [9.17, 15) is 0 Å². The minimum absolute atomic E-state index is 0.175. The summed E-state index contributed by atoms with van der Waals surface area (Å²) in [6, 6.07) is 108. The van der Waals surface area contributed by atoms with Gasteiger partial charge in [0.1, 0.15) is 11.5 Å². The van der Waals surface area contributed by atoms with E-state index in [4.69, 9.17) is 28.4 Å². The van der Waals surface area contributed by atoms with E-state index >= 15 is 0 Å². The van der Waals surface area contributed by atoms with Crippen molar-refractivity contribution in [1.29, 1.82) is 0 Å². The van der Waals surface area contributed by atoms with Crippen LogP contribution in [0.25, 0.3) is 22.3 Å². The average molecular weight is 1210 g/mol. The molecule has 0 fully saturated rings. The zero-order valence-electron chi connectivity index (χ0n) is 47.6. The van der Waals surface area contributed by atoms with E-state index in [1.165, 1.54) is 63.7 Å². The van der Waals surface area contributed by atoms with Crippen LogP contribution in [0.1, 0.15) is 6.42 Å². The van der Waals surface area contributed by atoms with Gasteiger partial charge < -0.3 is 28.4 Å². The monoisotopic (exact) mass is 1200 g/mol. The average Bonchev–Trinajstić information content (AvgIpc) is 4.27. The zero-order valence-corrected chi connectivity index (χ0v) is 51.2. The molecule has 6 nitrogen and oxygen atoms in total. The van der Waals surface area contributed by atoms with Gasteiger partial charge in [-0.05, 0) is 132 Å². The van der Waals surface area contributed by atoms with Crippen molar-refractivity contribution in [1.82, 2.24) is 0 Å². The van der Waals surface area contributed by atoms with Crippen LogP contribution in [0.3, 0.4) is 0 Å². The number of benzene rings is 12. The fourth-order valence-electron chi connectivity index (χ4n) is 11.7. The van der Waals surface area contributed by atoms with Crippen LogP contribution in [-0.2, 0) is 0 Å². The first kappa shape index (κ1) is 56.0. The molecule has 0 spiro atoms. The van der Waals surface area contributed by atoms with E-state index in [0.717, 1.165) is 63.2 Å². The molecule has 0 aromatic heterocycles. The maximum Gasteiger partial charge on any atom is 0.231 e.